The second-order valence-corrected chi connectivity index (χ2v) is 8.66. The Kier molecular flexibility index (Phi) is 7.08. The lowest BCUT2D eigenvalue weighted by Crippen LogP contribution is -2.45. The van der Waals surface area contributed by atoms with Crippen molar-refractivity contribution in [1.82, 2.24) is 14.9 Å². The molecule has 0 radical (unpaired) electrons. The number of ether oxygens (including phenoxy) is 1. The van der Waals surface area contributed by atoms with Gasteiger partial charge in [0.15, 0.2) is 6.61 Å². The van der Waals surface area contributed by atoms with Crippen molar-refractivity contribution in [2.75, 3.05) is 20.7 Å². The van der Waals surface area contributed by atoms with Crippen LogP contribution in [0.1, 0.15) is 36.0 Å². The molecule has 0 saturated heterocycles. The van der Waals surface area contributed by atoms with Crippen LogP contribution in [-0.4, -0.2) is 57.4 Å². The molecule has 11 heteroatoms. The van der Waals surface area contributed by atoms with Crippen molar-refractivity contribution in [1.29, 1.82) is 0 Å². The molecule has 0 spiro atoms. The summed E-state index contributed by atoms with van der Waals surface area (Å²) < 4.78 is 43.7. The Morgan fingerprint density at radius 2 is 1.86 bits per heavy atom. The molecule has 1 fully saturated rings. The van der Waals surface area contributed by atoms with Crippen LogP contribution in [0.25, 0.3) is 0 Å². The summed E-state index contributed by atoms with van der Waals surface area (Å²) in [6.45, 7) is -0.818. The molecule has 1 aromatic carbocycles. The summed E-state index contributed by atoms with van der Waals surface area (Å²) in [5.74, 6) is -3.11. The smallest absolute Gasteiger partial charge is 0.341 e. The van der Waals surface area contributed by atoms with Crippen LogP contribution < -0.4 is 10.6 Å². The standard InChI is InChI=1S/C17H22FN3O6S/c1-21(2)28(25,26)12-7-8-14(18)13(9-12)16(23)27-10-15(22)20-17(24)19-11-5-3-4-6-11/h7-9,11H,3-6,10H2,1-2H3,(H2,19,20,22,24). The van der Waals surface area contributed by atoms with Gasteiger partial charge in [0.25, 0.3) is 5.91 Å². The zero-order chi connectivity index (χ0) is 20.9. The number of carbonyl (C=O) groups excluding carboxylic acids is 3. The molecule has 1 saturated carbocycles. The number of imide groups is 1. The average molecular weight is 415 g/mol. The number of sulfonamides is 1. The molecule has 2 N–H and O–H groups in total. The normalized spacial score (nSPS) is 14.7. The van der Waals surface area contributed by atoms with Crippen molar-refractivity contribution in [2.45, 2.75) is 36.6 Å². The molecular formula is C17H22FN3O6S. The van der Waals surface area contributed by atoms with Gasteiger partial charge in [0.1, 0.15) is 5.82 Å². The molecule has 0 heterocycles. The van der Waals surface area contributed by atoms with E-state index in [1.165, 1.54) is 14.1 Å². The number of hydrogen-bond acceptors (Lipinski definition) is 6. The summed E-state index contributed by atoms with van der Waals surface area (Å²) in [4.78, 5) is 35.1. The third-order valence-electron chi connectivity index (χ3n) is 4.21. The van der Waals surface area contributed by atoms with Gasteiger partial charge in [0.05, 0.1) is 10.5 Å². The summed E-state index contributed by atoms with van der Waals surface area (Å²) in [6.07, 6.45) is 3.68. The van der Waals surface area contributed by atoms with Gasteiger partial charge < -0.3 is 10.1 Å². The van der Waals surface area contributed by atoms with Gasteiger partial charge in [-0.3, -0.25) is 10.1 Å². The van der Waals surface area contributed by atoms with E-state index in [1.54, 1.807) is 0 Å². The van der Waals surface area contributed by atoms with Crippen molar-refractivity contribution < 1.29 is 31.9 Å². The highest BCUT2D eigenvalue weighted by Crippen LogP contribution is 2.19. The molecule has 28 heavy (non-hydrogen) atoms. The highest BCUT2D eigenvalue weighted by molar-refractivity contribution is 7.89. The van der Waals surface area contributed by atoms with Gasteiger partial charge in [0, 0.05) is 20.1 Å². The summed E-state index contributed by atoms with van der Waals surface area (Å²) in [5, 5.41) is 4.65. The first-order chi connectivity index (χ1) is 13.1. The first-order valence-electron chi connectivity index (χ1n) is 8.61. The molecule has 0 bridgehead atoms. The van der Waals surface area contributed by atoms with E-state index in [9.17, 15) is 27.2 Å². The molecule has 154 valence electrons. The second kappa shape index (κ2) is 9.11. The molecule has 0 aliphatic heterocycles. The van der Waals surface area contributed by atoms with E-state index in [1.807, 2.05) is 5.32 Å². The summed E-state index contributed by atoms with van der Waals surface area (Å²) in [7, 11) is -1.30. The monoisotopic (exact) mass is 415 g/mol. The maximum Gasteiger partial charge on any atom is 0.341 e. The number of nitrogens with zero attached hydrogens (tertiary/aromatic N) is 1. The van der Waals surface area contributed by atoms with Gasteiger partial charge in [-0.15, -0.1) is 0 Å². The minimum absolute atomic E-state index is 0.00540. The fourth-order valence-electron chi connectivity index (χ4n) is 2.70. The SMILES string of the molecule is CN(C)S(=O)(=O)c1ccc(F)c(C(=O)OCC(=O)NC(=O)NC2CCCC2)c1. The number of amides is 3. The highest BCUT2D eigenvalue weighted by Gasteiger charge is 2.23. The fourth-order valence-corrected chi connectivity index (χ4v) is 3.62. The van der Waals surface area contributed by atoms with Crippen LogP contribution in [0.15, 0.2) is 23.1 Å². The van der Waals surface area contributed by atoms with Gasteiger partial charge in [-0.1, -0.05) is 12.8 Å². The van der Waals surface area contributed by atoms with Crippen LogP contribution in [0.5, 0.6) is 0 Å². The molecule has 0 atom stereocenters. The summed E-state index contributed by atoms with van der Waals surface area (Å²) in [5.41, 5.74) is -0.633. The average Bonchev–Trinajstić information content (AvgIpc) is 3.12. The quantitative estimate of drug-likeness (QED) is 0.669. The topological polar surface area (TPSA) is 122 Å². The van der Waals surface area contributed by atoms with Crippen LogP contribution >= 0.6 is 0 Å². The molecule has 1 aliphatic rings. The predicted octanol–water partition coefficient (Wildman–Crippen LogP) is 1.00. The fraction of sp³-hybridized carbons (Fsp3) is 0.471. The molecule has 1 aromatic rings. The van der Waals surface area contributed by atoms with Crippen LogP contribution in [0.3, 0.4) is 0 Å². The maximum atomic E-state index is 13.9. The van der Waals surface area contributed by atoms with Crippen LogP contribution in [0, 0.1) is 5.82 Å². The van der Waals surface area contributed by atoms with Gasteiger partial charge in [-0.2, -0.15) is 0 Å². The summed E-state index contributed by atoms with van der Waals surface area (Å²) >= 11 is 0. The largest absolute Gasteiger partial charge is 0.452 e. The number of hydrogen-bond donors (Lipinski definition) is 2. The van der Waals surface area contributed by atoms with Gasteiger partial charge in [-0.25, -0.2) is 26.7 Å². The summed E-state index contributed by atoms with van der Waals surface area (Å²) in [6, 6.07) is 1.98. The number of halogens is 1. The molecule has 9 nitrogen and oxygen atoms in total. The van der Waals surface area contributed by atoms with E-state index in [2.05, 4.69) is 5.32 Å². The number of rotatable bonds is 6. The maximum absolute atomic E-state index is 13.9. The van der Waals surface area contributed by atoms with Crippen LogP contribution in [0.2, 0.25) is 0 Å². The number of benzene rings is 1. The van der Waals surface area contributed by atoms with E-state index in [-0.39, 0.29) is 10.9 Å². The van der Waals surface area contributed by atoms with Crippen LogP contribution in [0.4, 0.5) is 9.18 Å². The van der Waals surface area contributed by atoms with Gasteiger partial charge in [-0.05, 0) is 31.0 Å². The third kappa shape index (κ3) is 5.49. The van der Waals surface area contributed by atoms with Gasteiger partial charge >= 0.3 is 12.0 Å². The van der Waals surface area contributed by atoms with E-state index in [4.69, 9.17) is 4.74 Å². The predicted molar refractivity (Wildman–Crippen MR) is 96.5 cm³/mol. The number of nitrogens with one attached hydrogen (secondary N) is 2. The lowest BCUT2D eigenvalue weighted by molar-refractivity contribution is -0.123. The minimum atomic E-state index is -3.88. The highest BCUT2D eigenvalue weighted by atomic mass is 32.2. The van der Waals surface area contributed by atoms with Crippen molar-refractivity contribution in [3.8, 4) is 0 Å². The molecular weight excluding hydrogens is 393 g/mol. The zero-order valence-electron chi connectivity index (χ0n) is 15.5. The Hall–Kier alpha value is -2.53. The lowest BCUT2D eigenvalue weighted by Gasteiger charge is -2.13. The first-order valence-corrected chi connectivity index (χ1v) is 10.0. The van der Waals surface area contributed by atoms with Crippen LogP contribution in [-0.2, 0) is 19.6 Å². The van der Waals surface area contributed by atoms with E-state index in [0.717, 1.165) is 48.2 Å². The molecule has 2 rings (SSSR count). The van der Waals surface area contributed by atoms with Crippen molar-refractivity contribution in [3.05, 3.63) is 29.6 Å². The second-order valence-electron chi connectivity index (χ2n) is 6.51. The van der Waals surface area contributed by atoms with Crippen molar-refractivity contribution in [3.63, 3.8) is 0 Å². The van der Waals surface area contributed by atoms with Gasteiger partial charge in [0.2, 0.25) is 10.0 Å². The Morgan fingerprint density at radius 1 is 1.21 bits per heavy atom. The Morgan fingerprint density at radius 3 is 2.46 bits per heavy atom. The van der Waals surface area contributed by atoms with Crippen molar-refractivity contribution in [2.24, 2.45) is 0 Å². The number of urea groups is 1. The molecule has 3 amide bonds. The zero-order valence-corrected chi connectivity index (χ0v) is 16.3. The molecule has 0 unspecified atom stereocenters. The molecule has 1 aliphatic carbocycles. The van der Waals surface area contributed by atoms with Crippen molar-refractivity contribution >= 4 is 27.9 Å². The third-order valence-corrected chi connectivity index (χ3v) is 6.03. The van der Waals surface area contributed by atoms with E-state index >= 15 is 0 Å². The Balaban J connectivity index is 1.95. The number of carbonyl (C=O) groups is 3. The van der Waals surface area contributed by atoms with E-state index < -0.39 is 45.9 Å². The number of esters is 1. The first kappa shape index (κ1) is 21.8. The Labute approximate surface area is 162 Å². The Bertz CT molecular complexity index is 866. The molecule has 0 aromatic heterocycles. The van der Waals surface area contributed by atoms with E-state index in [0.29, 0.717) is 0 Å². The minimum Gasteiger partial charge on any atom is -0.452 e. The lowest BCUT2D eigenvalue weighted by atomic mass is 10.2.